The van der Waals surface area contributed by atoms with Gasteiger partial charge in [0, 0.05) is 12.1 Å². The van der Waals surface area contributed by atoms with Gasteiger partial charge < -0.3 is 9.73 Å². The van der Waals surface area contributed by atoms with Gasteiger partial charge in [-0.15, -0.1) is 0 Å². The molecular formula is C19H20N2O3. The lowest BCUT2D eigenvalue weighted by molar-refractivity contribution is -0.122. The van der Waals surface area contributed by atoms with E-state index < -0.39 is 17.6 Å². The highest BCUT2D eigenvalue weighted by Gasteiger charge is 2.31. The number of rotatable bonds is 6. The predicted octanol–water partition coefficient (Wildman–Crippen LogP) is 2.89. The number of ketones is 1. The molecule has 0 aliphatic rings. The van der Waals surface area contributed by atoms with Crippen LogP contribution in [0.4, 0.5) is 0 Å². The highest BCUT2D eigenvalue weighted by molar-refractivity contribution is 6.13. The third kappa shape index (κ3) is 3.72. The standard InChI is InChI=1S/C19H20N2O3/c1-12-13(2)24-14(3)17(12)18(22)16(11-20)19(23)21-10-9-15-7-5-4-6-8-15/h4-8,16H,9-10H2,1-3H3,(H,21,23). The number of aryl methyl sites for hydroxylation is 2. The summed E-state index contributed by atoms with van der Waals surface area (Å²) < 4.78 is 5.42. The third-order valence-corrected chi connectivity index (χ3v) is 4.02. The Balaban J connectivity index is 2.03. The molecule has 1 N–H and O–H groups in total. The summed E-state index contributed by atoms with van der Waals surface area (Å²) in [5.74, 6) is -1.39. The van der Waals surface area contributed by atoms with Crippen molar-refractivity contribution in [1.29, 1.82) is 5.26 Å². The molecule has 5 heteroatoms. The van der Waals surface area contributed by atoms with E-state index in [9.17, 15) is 14.9 Å². The Hall–Kier alpha value is -2.87. The van der Waals surface area contributed by atoms with Crippen molar-refractivity contribution in [2.75, 3.05) is 6.54 Å². The average molecular weight is 324 g/mol. The number of nitrogens with zero attached hydrogens (tertiary/aromatic N) is 1. The number of furan rings is 1. The van der Waals surface area contributed by atoms with Crippen LogP contribution in [-0.4, -0.2) is 18.2 Å². The normalized spacial score (nSPS) is 11.6. The molecule has 0 radical (unpaired) electrons. The molecule has 1 heterocycles. The molecule has 0 spiro atoms. The first-order chi connectivity index (χ1) is 11.5. The van der Waals surface area contributed by atoms with Crippen molar-refractivity contribution in [3.8, 4) is 6.07 Å². The summed E-state index contributed by atoms with van der Waals surface area (Å²) in [6, 6.07) is 11.5. The highest BCUT2D eigenvalue weighted by atomic mass is 16.3. The molecule has 2 aromatic rings. The molecule has 2 rings (SSSR count). The predicted molar refractivity (Wildman–Crippen MR) is 89.5 cm³/mol. The number of Topliss-reactive ketones (excluding diaryl/α,β-unsaturated/α-hetero) is 1. The molecule has 0 bridgehead atoms. The zero-order valence-electron chi connectivity index (χ0n) is 14.1. The molecule has 0 aliphatic carbocycles. The minimum Gasteiger partial charge on any atom is -0.466 e. The Kier molecular flexibility index (Phi) is 5.54. The number of hydrogen-bond acceptors (Lipinski definition) is 4. The molecule has 0 aliphatic heterocycles. The maximum absolute atomic E-state index is 12.6. The second-order valence-corrected chi connectivity index (χ2v) is 5.67. The SMILES string of the molecule is Cc1oc(C)c(C(=O)C(C#N)C(=O)NCCc2ccccc2)c1C. The average Bonchev–Trinajstić information content (AvgIpc) is 2.81. The van der Waals surface area contributed by atoms with Crippen LogP contribution in [0.25, 0.3) is 0 Å². The number of amides is 1. The summed E-state index contributed by atoms with van der Waals surface area (Å²) >= 11 is 0. The quantitative estimate of drug-likeness (QED) is 0.654. The molecule has 124 valence electrons. The van der Waals surface area contributed by atoms with E-state index in [1.54, 1.807) is 20.8 Å². The van der Waals surface area contributed by atoms with Gasteiger partial charge in [0.1, 0.15) is 11.5 Å². The van der Waals surface area contributed by atoms with Crippen LogP contribution in [0.2, 0.25) is 0 Å². The Morgan fingerprint density at radius 2 is 1.83 bits per heavy atom. The van der Waals surface area contributed by atoms with Gasteiger partial charge in [0.2, 0.25) is 5.91 Å². The molecule has 1 atom stereocenters. The first-order valence-corrected chi connectivity index (χ1v) is 7.77. The fraction of sp³-hybridized carbons (Fsp3) is 0.316. The van der Waals surface area contributed by atoms with Gasteiger partial charge >= 0.3 is 0 Å². The van der Waals surface area contributed by atoms with Crippen LogP contribution >= 0.6 is 0 Å². The third-order valence-electron chi connectivity index (χ3n) is 4.02. The van der Waals surface area contributed by atoms with Gasteiger partial charge in [-0.2, -0.15) is 5.26 Å². The molecule has 1 unspecified atom stereocenters. The number of carbonyl (C=O) groups excluding carboxylic acids is 2. The molecule has 1 aromatic heterocycles. The topological polar surface area (TPSA) is 83.1 Å². The van der Waals surface area contributed by atoms with E-state index in [1.165, 1.54) is 0 Å². The maximum atomic E-state index is 12.6. The summed E-state index contributed by atoms with van der Waals surface area (Å²) in [7, 11) is 0. The van der Waals surface area contributed by atoms with Gasteiger partial charge in [0.15, 0.2) is 11.7 Å². The lowest BCUT2D eigenvalue weighted by Gasteiger charge is -2.10. The summed E-state index contributed by atoms with van der Waals surface area (Å²) in [5, 5.41) is 11.9. The Morgan fingerprint density at radius 1 is 1.17 bits per heavy atom. The number of nitrogens with one attached hydrogen (secondary N) is 1. The van der Waals surface area contributed by atoms with E-state index in [1.807, 2.05) is 36.4 Å². The van der Waals surface area contributed by atoms with Crippen LogP contribution in [0.5, 0.6) is 0 Å². The van der Waals surface area contributed by atoms with Gasteiger partial charge in [-0.1, -0.05) is 30.3 Å². The van der Waals surface area contributed by atoms with Crippen LogP contribution < -0.4 is 5.32 Å². The fourth-order valence-electron chi connectivity index (χ4n) is 2.61. The molecule has 0 saturated heterocycles. The van der Waals surface area contributed by atoms with E-state index in [0.29, 0.717) is 35.6 Å². The fourth-order valence-corrected chi connectivity index (χ4v) is 2.61. The largest absolute Gasteiger partial charge is 0.466 e. The molecular weight excluding hydrogens is 304 g/mol. The van der Waals surface area contributed by atoms with Crippen molar-refractivity contribution < 1.29 is 14.0 Å². The van der Waals surface area contributed by atoms with Crippen LogP contribution in [0.15, 0.2) is 34.7 Å². The van der Waals surface area contributed by atoms with Crippen molar-refractivity contribution >= 4 is 11.7 Å². The van der Waals surface area contributed by atoms with Gasteiger partial charge in [0.25, 0.3) is 0 Å². The van der Waals surface area contributed by atoms with E-state index in [4.69, 9.17) is 4.42 Å². The van der Waals surface area contributed by atoms with Crippen molar-refractivity contribution in [2.24, 2.45) is 5.92 Å². The van der Waals surface area contributed by atoms with Gasteiger partial charge in [-0.3, -0.25) is 9.59 Å². The Bertz CT molecular complexity index is 785. The lowest BCUT2D eigenvalue weighted by Crippen LogP contribution is -2.36. The lowest BCUT2D eigenvalue weighted by atomic mass is 9.95. The van der Waals surface area contributed by atoms with E-state index in [-0.39, 0.29) is 0 Å². The van der Waals surface area contributed by atoms with E-state index in [0.717, 1.165) is 5.56 Å². The molecule has 0 saturated carbocycles. The number of nitriles is 1. The van der Waals surface area contributed by atoms with Crippen molar-refractivity contribution in [1.82, 2.24) is 5.32 Å². The molecule has 1 aromatic carbocycles. The minimum atomic E-state index is -1.37. The summed E-state index contributed by atoms with van der Waals surface area (Å²) in [4.78, 5) is 24.8. The molecule has 1 amide bonds. The van der Waals surface area contributed by atoms with Crippen LogP contribution in [0, 0.1) is 38.0 Å². The maximum Gasteiger partial charge on any atom is 0.245 e. The molecule has 0 fully saturated rings. The van der Waals surface area contributed by atoms with Crippen molar-refractivity contribution in [3.05, 3.63) is 58.5 Å². The molecule has 24 heavy (non-hydrogen) atoms. The Morgan fingerprint density at radius 3 is 2.38 bits per heavy atom. The summed E-state index contributed by atoms with van der Waals surface area (Å²) in [6.07, 6.45) is 0.641. The van der Waals surface area contributed by atoms with Crippen LogP contribution in [-0.2, 0) is 11.2 Å². The minimum absolute atomic E-state index is 0.331. The second-order valence-electron chi connectivity index (χ2n) is 5.67. The van der Waals surface area contributed by atoms with Crippen molar-refractivity contribution in [3.63, 3.8) is 0 Å². The van der Waals surface area contributed by atoms with E-state index in [2.05, 4.69) is 5.32 Å². The van der Waals surface area contributed by atoms with Gasteiger partial charge in [-0.05, 0) is 32.8 Å². The highest BCUT2D eigenvalue weighted by Crippen LogP contribution is 2.23. The smallest absolute Gasteiger partial charge is 0.245 e. The van der Waals surface area contributed by atoms with Crippen LogP contribution in [0.1, 0.15) is 33.0 Å². The Labute approximate surface area is 141 Å². The van der Waals surface area contributed by atoms with Gasteiger partial charge in [0.05, 0.1) is 11.6 Å². The second kappa shape index (κ2) is 7.60. The first kappa shape index (κ1) is 17.5. The number of benzene rings is 1. The number of carbonyl (C=O) groups is 2. The first-order valence-electron chi connectivity index (χ1n) is 7.77. The van der Waals surface area contributed by atoms with Gasteiger partial charge in [-0.25, -0.2) is 0 Å². The number of hydrogen-bond donors (Lipinski definition) is 1. The van der Waals surface area contributed by atoms with Crippen molar-refractivity contribution in [2.45, 2.75) is 27.2 Å². The summed E-state index contributed by atoms with van der Waals surface area (Å²) in [6.45, 7) is 5.53. The zero-order valence-corrected chi connectivity index (χ0v) is 14.1. The van der Waals surface area contributed by atoms with Crippen LogP contribution in [0.3, 0.4) is 0 Å². The summed E-state index contributed by atoms with van der Waals surface area (Å²) in [5.41, 5.74) is 2.09. The zero-order chi connectivity index (χ0) is 17.7. The molecule has 5 nitrogen and oxygen atoms in total. The van der Waals surface area contributed by atoms with E-state index >= 15 is 0 Å². The monoisotopic (exact) mass is 324 g/mol.